The van der Waals surface area contributed by atoms with Gasteiger partial charge in [0.15, 0.2) is 0 Å². The summed E-state index contributed by atoms with van der Waals surface area (Å²) in [6, 6.07) is 14.4. The van der Waals surface area contributed by atoms with E-state index in [1.54, 1.807) is 4.90 Å². The number of unbranched alkanes of at least 4 members (excludes halogenated alkanes) is 1. The lowest BCUT2D eigenvalue weighted by molar-refractivity contribution is -0.132. The van der Waals surface area contributed by atoms with E-state index in [9.17, 15) is 18.4 Å². The van der Waals surface area contributed by atoms with Crippen molar-refractivity contribution < 1.29 is 23.1 Å². The Bertz CT molecular complexity index is 1240. The number of ether oxygens (including phenoxy) is 1. The number of amides is 3. The van der Waals surface area contributed by atoms with Crippen LogP contribution in [-0.2, 0) is 22.6 Å². The molecule has 0 radical (unpaired) electrons. The Morgan fingerprint density at radius 2 is 1.75 bits per heavy atom. The van der Waals surface area contributed by atoms with E-state index in [0.29, 0.717) is 45.3 Å². The number of nitrogens with zero attached hydrogens (tertiary/aromatic N) is 3. The van der Waals surface area contributed by atoms with Gasteiger partial charge in [0.05, 0.1) is 12.2 Å². The van der Waals surface area contributed by atoms with Crippen molar-refractivity contribution in [2.45, 2.75) is 46.2 Å². The summed E-state index contributed by atoms with van der Waals surface area (Å²) < 4.78 is 36.1. The fraction of sp³-hybridized carbons (Fsp3) is 0.400. The van der Waals surface area contributed by atoms with Crippen LogP contribution in [0.1, 0.15) is 44.4 Å². The average molecular weight is 620 g/mol. The number of hydrogen-bond acceptors (Lipinski definition) is 3. The third-order valence-corrected chi connectivity index (χ3v) is 6.91. The van der Waals surface area contributed by atoms with Crippen molar-refractivity contribution in [3.05, 3.63) is 88.2 Å². The molecule has 3 rings (SSSR count). The number of halogens is 3. The molecular formula is C30H37BrF2N4O3. The largest absolute Gasteiger partial charge is 0.382 e. The highest BCUT2D eigenvalue weighted by Crippen LogP contribution is 2.17. The Morgan fingerprint density at radius 3 is 2.45 bits per heavy atom. The van der Waals surface area contributed by atoms with Crippen molar-refractivity contribution in [3.8, 4) is 0 Å². The van der Waals surface area contributed by atoms with Crippen LogP contribution in [-0.4, -0.2) is 59.2 Å². The number of urea groups is 1. The van der Waals surface area contributed by atoms with Crippen LogP contribution < -0.4 is 5.32 Å². The number of benzene rings is 2. The van der Waals surface area contributed by atoms with Crippen LogP contribution >= 0.6 is 15.9 Å². The molecule has 0 atom stereocenters. The van der Waals surface area contributed by atoms with Crippen LogP contribution in [0.15, 0.2) is 65.3 Å². The second-order valence-corrected chi connectivity index (χ2v) is 10.4. The molecule has 3 amide bonds. The van der Waals surface area contributed by atoms with E-state index in [4.69, 9.17) is 4.74 Å². The SMILES string of the molecule is CCCCN(Cc1cccn1Cc1ccc(Br)cc1)C(=O)CN(CCCOCC)C(=O)Nc1ccc(F)cc1F. The Hall–Kier alpha value is -3.24. The van der Waals surface area contributed by atoms with E-state index in [2.05, 4.69) is 44.9 Å². The fourth-order valence-electron chi connectivity index (χ4n) is 4.17. The molecule has 0 saturated heterocycles. The van der Waals surface area contributed by atoms with E-state index in [0.717, 1.165) is 40.7 Å². The molecule has 0 spiro atoms. The zero-order chi connectivity index (χ0) is 28.9. The Balaban J connectivity index is 1.74. The second-order valence-electron chi connectivity index (χ2n) is 9.45. The van der Waals surface area contributed by atoms with Crippen LogP contribution in [0.2, 0.25) is 0 Å². The first-order valence-electron chi connectivity index (χ1n) is 13.6. The van der Waals surface area contributed by atoms with Gasteiger partial charge in [-0.15, -0.1) is 0 Å². The number of aromatic nitrogens is 1. The standard InChI is InChI=1S/C30H37BrF2N4O3/c1-3-5-15-36(21-26-8-6-16-35(26)20-23-9-11-24(31)12-10-23)29(38)22-37(17-7-18-40-4-2)30(39)34-28-14-13-25(32)19-27(28)33/h6,8-14,16,19H,3-5,7,15,17-18,20-22H2,1-2H3,(H,34,39). The average Bonchev–Trinajstić information content (AvgIpc) is 3.37. The summed E-state index contributed by atoms with van der Waals surface area (Å²) in [5, 5.41) is 2.48. The first kappa shape index (κ1) is 31.3. The third kappa shape index (κ3) is 9.75. The maximum atomic E-state index is 14.2. The topological polar surface area (TPSA) is 66.8 Å². The Labute approximate surface area is 243 Å². The lowest BCUT2D eigenvalue weighted by Gasteiger charge is -2.28. The zero-order valence-electron chi connectivity index (χ0n) is 23.0. The van der Waals surface area contributed by atoms with Gasteiger partial charge >= 0.3 is 6.03 Å². The molecule has 7 nitrogen and oxygen atoms in total. The Morgan fingerprint density at radius 1 is 1.00 bits per heavy atom. The lowest BCUT2D eigenvalue weighted by Crippen LogP contribution is -2.45. The van der Waals surface area contributed by atoms with Gasteiger partial charge < -0.3 is 24.4 Å². The van der Waals surface area contributed by atoms with E-state index in [-0.39, 0.29) is 24.7 Å². The quantitative estimate of drug-likeness (QED) is 0.194. The molecule has 1 aromatic heterocycles. The molecule has 1 heterocycles. The number of carbonyl (C=O) groups excluding carboxylic acids is 2. The molecule has 0 saturated carbocycles. The summed E-state index contributed by atoms with van der Waals surface area (Å²) in [5.74, 6) is -1.84. The molecule has 0 fully saturated rings. The molecule has 216 valence electrons. The van der Waals surface area contributed by atoms with Crippen LogP contribution in [0, 0.1) is 11.6 Å². The summed E-state index contributed by atoms with van der Waals surface area (Å²) in [7, 11) is 0. The highest BCUT2D eigenvalue weighted by Gasteiger charge is 2.23. The van der Waals surface area contributed by atoms with Gasteiger partial charge in [-0.25, -0.2) is 13.6 Å². The van der Waals surface area contributed by atoms with Crippen molar-refractivity contribution in [2.24, 2.45) is 0 Å². The van der Waals surface area contributed by atoms with E-state index in [1.807, 2.05) is 37.4 Å². The minimum atomic E-state index is -0.884. The molecule has 0 aliphatic heterocycles. The van der Waals surface area contributed by atoms with Gasteiger partial charge in [0.2, 0.25) is 5.91 Å². The van der Waals surface area contributed by atoms with Gasteiger partial charge in [-0.05, 0) is 61.7 Å². The highest BCUT2D eigenvalue weighted by atomic mass is 79.9. The van der Waals surface area contributed by atoms with E-state index < -0.39 is 17.7 Å². The zero-order valence-corrected chi connectivity index (χ0v) is 24.6. The Kier molecular flexibility index (Phi) is 12.6. The summed E-state index contributed by atoms with van der Waals surface area (Å²) >= 11 is 3.46. The van der Waals surface area contributed by atoms with E-state index in [1.165, 1.54) is 4.90 Å². The molecular weight excluding hydrogens is 582 g/mol. The van der Waals surface area contributed by atoms with E-state index >= 15 is 0 Å². The van der Waals surface area contributed by atoms with Gasteiger partial charge in [0, 0.05) is 55.3 Å². The second kappa shape index (κ2) is 16.1. The van der Waals surface area contributed by atoms with Crippen molar-refractivity contribution in [1.29, 1.82) is 0 Å². The number of nitrogens with one attached hydrogen (secondary N) is 1. The summed E-state index contributed by atoms with van der Waals surface area (Å²) in [4.78, 5) is 29.8. The van der Waals surface area contributed by atoms with Gasteiger partial charge in [-0.2, -0.15) is 0 Å². The number of carbonyl (C=O) groups is 2. The molecule has 3 aromatic rings. The third-order valence-electron chi connectivity index (χ3n) is 6.38. The predicted octanol–water partition coefficient (Wildman–Crippen LogP) is 6.67. The smallest absolute Gasteiger partial charge is 0.322 e. The number of anilines is 1. The van der Waals surface area contributed by atoms with Crippen LogP contribution in [0.3, 0.4) is 0 Å². The molecule has 10 heteroatoms. The van der Waals surface area contributed by atoms with Crippen molar-refractivity contribution in [2.75, 3.05) is 38.2 Å². The maximum absolute atomic E-state index is 14.2. The summed E-state index contributed by atoms with van der Waals surface area (Å²) in [6.45, 7) is 6.55. The minimum Gasteiger partial charge on any atom is -0.382 e. The number of rotatable bonds is 15. The van der Waals surface area contributed by atoms with Crippen LogP contribution in [0.25, 0.3) is 0 Å². The maximum Gasteiger partial charge on any atom is 0.322 e. The number of hydrogen-bond donors (Lipinski definition) is 1. The lowest BCUT2D eigenvalue weighted by atomic mass is 10.2. The van der Waals surface area contributed by atoms with Gasteiger partial charge in [-0.1, -0.05) is 41.4 Å². The molecule has 0 bridgehead atoms. The molecule has 0 aliphatic carbocycles. The van der Waals surface area contributed by atoms with Gasteiger partial charge in [-0.3, -0.25) is 4.79 Å². The van der Waals surface area contributed by atoms with Crippen LogP contribution in [0.5, 0.6) is 0 Å². The molecule has 0 aliphatic rings. The predicted molar refractivity (Wildman–Crippen MR) is 156 cm³/mol. The first-order chi connectivity index (χ1) is 19.3. The summed E-state index contributed by atoms with van der Waals surface area (Å²) in [5.41, 5.74) is 1.97. The summed E-state index contributed by atoms with van der Waals surface area (Å²) in [6.07, 6.45) is 4.22. The highest BCUT2D eigenvalue weighted by molar-refractivity contribution is 9.10. The fourth-order valence-corrected chi connectivity index (χ4v) is 4.44. The van der Waals surface area contributed by atoms with Crippen molar-refractivity contribution in [3.63, 3.8) is 0 Å². The normalized spacial score (nSPS) is 10.9. The van der Waals surface area contributed by atoms with Gasteiger partial charge in [0.1, 0.15) is 18.2 Å². The van der Waals surface area contributed by atoms with Crippen LogP contribution in [0.4, 0.5) is 19.3 Å². The minimum absolute atomic E-state index is 0.151. The first-order valence-corrected chi connectivity index (χ1v) is 14.3. The monoisotopic (exact) mass is 618 g/mol. The van der Waals surface area contributed by atoms with Crippen molar-refractivity contribution in [1.82, 2.24) is 14.4 Å². The molecule has 2 aromatic carbocycles. The van der Waals surface area contributed by atoms with Gasteiger partial charge in [0.25, 0.3) is 0 Å². The van der Waals surface area contributed by atoms with Crippen molar-refractivity contribution >= 4 is 33.6 Å². The molecule has 0 unspecified atom stereocenters. The molecule has 40 heavy (non-hydrogen) atoms. The molecule has 1 N–H and O–H groups in total.